The number of nitrogens with zero attached hydrogens (tertiary/aromatic N) is 1. The molecule has 0 radical (unpaired) electrons. The molecule has 0 spiro atoms. The van der Waals surface area contributed by atoms with E-state index in [-0.39, 0.29) is 11.6 Å². The molecule has 1 fully saturated rings. The molecule has 1 amide bonds. The molecule has 0 bridgehead atoms. The van der Waals surface area contributed by atoms with Gasteiger partial charge in [-0.2, -0.15) is 0 Å². The monoisotopic (exact) mass is 420 g/mol. The first-order valence-electron chi connectivity index (χ1n) is 8.66. The zero-order valence-electron chi connectivity index (χ0n) is 14.7. The lowest BCUT2D eigenvalue weighted by molar-refractivity contribution is 0.0162. The number of morpholine rings is 1. The Hall–Kier alpha value is -1.76. The number of ether oxygens (including phenoxy) is 1. The summed E-state index contributed by atoms with van der Waals surface area (Å²) in [5.74, 6) is -0.934. The minimum Gasteiger partial charge on any atom is -0.379 e. The van der Waals surface area contributed by atoms with E-state index in [0.29, 0.717) is 24.2 Å². The highest BCUT2D eigenvalue weighted by Gasteiger charge is 2.24. The highest BCUT2D eigenvalue weighted by atomic mass is 79.9. The largest absolute Gasteiger partial charge is 0.379 e. The molecule has 1 atom stereocenters. The molecular weight excluding hydrogens is 399 g/mol. The van der Waals surface area contributed by atoms with Gasteiger partial charge in [-0.3, -0.25) is 9.69 Å². The molecule has 1 N–H and O–H groups in total. The number of benzene rings is 2. The van der Waals surface area contributed by atoms with Crippen LogP contribution in [0.2, 0.25) is 0 Å². The number of nitrogens with one attached hydrogen (secondary N) is 1. The van der Waals surface area contributed by atoms with E-state index in [2.05, 4.69) is 51.3 Å². The molecule has 1 unspecified atom stereocenters. The number of hydrogen-bond acceptors (Lipinski definition) is 3. The van der Waals surface area contributed by atoms with Gasteiger partial charge in [0.2, 0.25) is 0 Å². The van der Waals surface area contributed by atoms with Crippen molar-refractivity contribution in [1.29, 1.82) is 0 Å². The molecule has 138 valence electrons. The van der Waals surface area contributed by atoms with Crippen LogP contribution in [0.15, 0.2) is 46.9 Å². The molecule has 0 aliphatic carbocycles. The van der Waals surface area contributed by atoms with Crippen molar-refractivity contribution in [3.05, 3.63) is 69.4 Å². The Balaban J connectivity index is 1.76. The van der Waals surface area contributed by atoms with Crippen molar-refractivity contribution in [3.8, 4) is 0 Å². The first-order chi connectivity index (χ1) is 12.5. The first kappa shape index (κ1) is 19.0. The number of carbonyl (C=O) groups excluding carboxylic acids is 1. The van der Waals surface area contributed by atoms with Crippen LogP contribution < -0.4 is 5.32 Å². The summed E-state index contributed by atoms with van der Waals surface area (Å²) in [7, 11) is 0. The Morgan fingerprint density at radius 2 is 2.04 bits per heavy atom. The summed E-state index contributed by atoms with van der Waals surface area (Å²) < 4.78 is 20.1. The summed E-state index contributed by atoms with van der Waals surface area (Å²) in [5, 5.41) is 2.90. The van der Waals surface area contributed by atoms with Gasteiger partial charge in [0.05, 0.1) is 24.8 Å². The zero-order valence-corrected chi connectivity index (χ0v) is 16.3. The van der Waals surface area contributed by atoms with Gasteiger partial charge in [-0.25, -0.2) is 4.39 Å². The molecule has 1 saturated heterocycles. The SMILES string of the molecule is Cc1cccc(C(CNC(=O)c2ccc(Br)cc2F)N2CCOCC2)c1. The predicted molar refractivity (Wildman–Crippen MR) is 103 cm³/mol. The average molecular weight is 421 g/mol. The number of aryl methyl sites for hydroxylation is 1. The molecule has 4 nitrogen and oxygen atoms in total. The molecule has 0 aromatic heterocycles. The van der Waals surface area contributed by atoms with Crippen LogP contribution >= 0.6 is 15.9 Å². The molecule has 2 aromatic rings. The van der Waals surface area contributed by atoms with Crippen LogP contribution in [0.5, 0.6) is 0 Å². The highest BCUT2D eigenvalue weighted by molar-refractivity contribution is 9.10. The second kappa shape index (κ2) is 8.75. The second-order valence-corrected chi connectivity index (χ2v) is 7.33. The topological polar surface area (TPSA) is 41.6 Å². The maximum absolute atomic E-state index is 14.0. The molecule has 26 heavy (non-hydrogen) atoms. The third-order valence-corrected chi connectivity index (χ3v) is 5.04. The number of rotatable bonds is 5. The van der Waals surface area contributed by atoms with Gasteiger partial charge >= 0.3 is 0 Å². The van der Waals surface area contributed by atoms with Crippen molar-refractivity contribution >= 4 is 21.8 Å². The Bertz CT molecular complexity index is 778. The van der Waals surface area contributed by atoms with Crippen LogP contribution in [0.3, 0.4) is 0 Å². The first-order valence-corrected chi connectivity index (χ1v) is 9.45. The molecule has 0 saturated carbocycles. The number of carbonyl (C=O) groups is 1. The van der Waals surface area contributed by atoms with Gasteiger partial charge in [0.1, 0.15) is 5.82 Å². The van der Waals surface area contributed by atoms with E-state index in [1.165, 1.54) is 17.7 Å². The summed E-state index contributed by atoms with van der Waals surface area (Å²) in [6.45, 7) is 5.44. The number of halogens is 2. The van der Waals surface area contributed by atoms with Gasteiger partial charge in [0.25, 0.3) is 5.91 Å². The lowest BCUT2D eigenvalue weighted by atomic mass is 10.0. The minimum atomic E-state index is -0.532. The van der Waals surface area contributed by atoms with Crippen LogP contribution in [-0.4, -0.2) is 43.7 Å². The van der Waals surface area contributed by atoms with E-state index in [1.807, 2.05) is 6.07 Å². The lowest BCUT2D eigenvalue weighted by Crippen LogP contribution is -2.44. The van der Waals surface area contributed by atoms with Gasteiger partial charge in [-0.1, -0.05) is 45.8 Å². The zero-order chi connectivity index (χ0) is 18.5. The smallest absolute Gasteiger partial charge is 0.254 e. The number of hydrogen-bond donors (Lipinski definition) is 1. The Morgan fingerprint density at radius 3 is 2.73 bits per heavy atom. The van der Waals surface area contributed by atoms with Crippen molar-refractivity contribution in [2.45, 2.75) is 13.0 Å². The Labute approximate surface area is 161 Å². The van der Waals surface area contributed by atoms with Crippen LogP contribution in [0, 0.1) is 12.7 Å². The molecule has 6 heteroatoms. The molecular formula is C20H22BrFN2O2. The van der Waals surface area contributed by atoms with E-state index in [1.54, 1.807) is 6.07 Å². The van der Waals surface area contributed by atoms with Crippen molar-refractivity contribution in [3.63, 3.8) is 0 Å². The van der Waals surface area contributed by atoms with Crippen LogP contribution in [0.25, 0.3) is 0 Å². The Morgan fingerprint density at radius 1 is 1.27 bits per heavy atom. The maximum atomic E-state index is 14.0. The van der Waals surface area contributed by atoms with Crippen molar-refractivity contribution in [2.24, 2.45) is 0 Å². The summed E-state index contributed by atoms with van der Waals surface area (Å²) in [5.41, 5.74) is 2.37. The summed E-state index contributed by atoms with van der Waals surface area (Å²) in [6.07, 6.45) is 0. The van der Waals surface area contributed by atoms with Crippen molar-refractivity contribution < 1.29 is 13.9 Å². The highest BCUT2D eigenvalue weighted by Crippen LogP contribution is 2.23. The molecule has 1 heterocycles. The molecule has 2 aromatic carbocycles. The van der Waals surface area contributed by atoms with E-state index < -0.39 is 11.7 Å². The Kier molecular flexibility index (Phi) is 6.40. The fourth-order valence-electron chi connectivity index (χ4n) is 3.18. The maximum Gasteiger partial charge on any atom is 0.254 e. The molecule has 1 aliphatic heterocycles. The second-order valence-electron chi connectivity index (χ2n) is 6.41. The quantitative estimate of drug-likeness (QED) is 0.801. The van der Waals surface area contributed by atoms with Crippen LogP contribution in [0.4, 0.5) is 4.39 Å². The third kappa shape index (κ3) is 4.69. The predicted octanol–water partition coefficient (Wildman–Crippen LogP) is 3.70. The minimum absolute atomic E-state index is 0.0289. The van der Waals surface area contributed by atoms with Gasteiger partial charge in [-0.15, -0.1) is 0 Å². The van der Waals surface area contributed by atoms with Crippen LogP contribution in [-0.2, 0) is 4.74 Å². The standard InChI is InChI=1S/C20H22BrFN2O2/c1-14-3-2-4-15(11-14)19(24-7-9-26-10-8-24)13-23-20(25)17-6-5-16(21)12-18(17)22/h2-6,11-12,19H,7-10,13H2,1H3,(H,23,25). The fraction of sp³-hybridized carbons (Fsp3) is 0.350. The van der Waals surface area contributed by atoms with Crippen molar-refractivity contribution in [1.82, 2.24) is 10.2 Å². The van der Waals surface area contributed by atoms with E-state index >= 15 is 0 Å². The van der Waals surface area contributed by atoms with Gasteiger partial charge in [0, 0.05) is 24.1 Å². The molecule has 1 aliphatic rings. The molecule has 3 rings (SSSR count). The third-order valence-electron chi connectivity index (χ3n) is 4.55. The van der Waals surface area contributed by atoms with E-state index in [0.717, 1.165) is 18.7 Å². The van der Waals surface area contributed by atoms with Gasteiger partial charge in [0.15, 0.2) is 0 Å². The fourth-order valence-corrected chi connectivity index (χ4v) is 3.52. The van der Waals surface area contributed by atoms with E-state index in [9.17, 15) is 9.18 Å². The van der Waals surface area contributed by atoms with Gasteiger partial charge in [-0.05, 0) is 30.7 Å². The van der Waals surface area contributed by atoms with Crippen LogP contribution in [0.1, 0.15) is 27.5 Å². The van der Waals surface area contributed by atoms with E-state index in [4.69, 9.17) is 4.74 Å². The lowest BCUT2D eigenvalue weighted by Gasteiger charge is -2.35. The summed E-state index contributed by atoms with van der Waals surface area (Å²) in [4.78, 5) is 14.8. The number of amides is 1. The normalized spacial score (nSPS) is 16.3. The van der Waals surface area contributed by atoms with Gasteiger partial charge < -0.3 is 10.1 Å². The summed E-state index contributed by atoms with van der Waals surface area (Å²) >= 11 is 3.21. The van der Waals surface area contributed by atoms with Crippen molar-refractivity contribution in [2.75, 3.05) is 32.8 Å². The average Bonchev–Trinajstić information content (AvgIpc) is 2.63. The summed E-state index contributed by atoms with van der Waals surface area (Å²) in [6, 6.07) is 12.8.